The van der Waals surface area contributed by atoms with Gasteiger partial charge in [0.25, 0.3) is 0 Å². The molecule has 0 unspecified atom stereocenters. The van der Waals surface area contributed by atoms with Crippen molar-refractivity contribution < 1.29 is 0 Å². The van der Waals surface area contributed by atoms with E-state index in [2.05, 4.69) is 403 Å². The van der Waals surface area contributed by atoms with E-state index in [0.717, 1.165) is 34.1 Å². The van der Waals surface area contributed by atoms with Gasteiger partial charge < -0.3 is 9.80 Å². The third-order valence-corrected chi connectivity index (χ3v) is 23.0. The van der Waals surface area contributed by atoms with Gasteiger partial charge in [0.15, 0.2) is 0 Å². The first-order valence-corrected chi connectivity index (χ1v) is 36.3. The number of rotatable bonds is 12. The van der Waals surface area contributed by atoms with Crippen LogP contribution in [0.5, 0.6) is 0 Å². The van der Waals surface area contributed by atoms with Crippen LogP contribution in [-0.2, 0) is 16.2 Å². The summed E-state index contributed by atoms with van der Waals surface area (Å²) in [7, 11) is 0. The van der Waals surface area contributed by atoms with Crippen LogP contribution in [0.4, 0.5) is 34.1 Å². The van der Waals surface area contributed by atoms with E-state index in [1.54, 1.807) is 0 Å². The number of benzene rings is 16. The second-order valence-electron chi connectivity index (χ2n) is 30.0. The summed E-state index contributed by atoms with van der Waals surface area (Å²) in [6.45, 7) is 14.4. The molecule has 0 aliphatic heterocycles. The van der Waals surface area contributed by atoms with Crippen LogP contribution in [0.3, 0.4) is 0 Å². The third kappa shape index (κ3) is 10.2. The minimum Gasteiger partial charge on any atom is -0.310 e. The van der Waals surface area contributed by atoms with Crippen LogP contribution in [0.2, 0.25) is 0 Å². The molecule has 490 valence electrons. The number of hydrogen-bond acceptors (Lipinski definition) is 2. The van der Waals surface area contributed by atoms with Crippen molar-refractivity contribution in [1.29, 1.82) is 0 Å². The Balaban J connectivity index is 0.571. The molecule has 2 nitrogen and oxygen atoms in total. The van der Waals surface area contributed by atoms with E-state index >= 15 is 0 Å². The fourth-order valence-corrected chi connectivity index (χ4v) is 17.5. The van der Waals surface area contributed by atoms with E-state index in [4.69, 9.17) is 0 Å². The summed E-state index contributed by atoms with van der Waals surface area (Å²) in [4.78, 5) is 4.91. The number of nitrogens with zero attached hydrogens (tertiary/aromatic N) is 2. The molecular weight excluding hydrogens is 1240 g/mol. The van der Waals surface area contributed by atoms with Gasteiger partial charge >= 0.3 is 0 Å². The molecule has 0 N–H and O–H groups in total. The Kier molecular flexibility index (Phi) is 14.3. The van der Waals surface area contributed by atoms with Gasteiger partial charge in [-0.2, -0.15) is 0 Å². The minimum absolute atomic E-state index is 0.183. The molecule has 103 heavy (non-hydrogen) atoms. The van der Waals surface area contributed by atoms with E-state index in [-0.39, 0.29) is 16.2 Å². The summed E-state index contributed by atoms with van der Waals surface area (Å²) in [5.41, 5.74) is 31.8. The van der Waals surface area contributed by atoms with Crippen LogP contribution in [0, 0.1) is 0 Å². The Morgan fingerprint density at radius 1 is 0.204 bits per heavy atom. The van der Waals surface area contributed by atoms with Gasteiger partial charge in [0.1, 0.15) is 0 Å². The lowest BCUT2D eigenvalue weighted by Gasteiger charge is -2.29. The molecule has 0 radical (unpaired) electrons. The second kappa shape index (κ2) is 23.9. The van der Waals surface area contributed by atoms with Crippen LogP contribution < -0.4 is 9.80 Å². The highest BCUT2D eigenvalue weighted by Crippen LogP contribution is 2.55. The normalized spacial score (nSPS) is 14.1. The van der Waals surface area contributed by atoms with E-state index in [0.29, 0.717) is 0 Å². The Morgan fingerprint density at radius 2 is 0.456 bits per heavy atom. The average Bonchev–Trinajstić information content (AvgIpc) is 1.60. The standard InChI is InChI=1S/C101H76N2/c1-99(2)91-59-65(35-37-67-41-55-87-89-57-51-77(63-95(89)100(3,4)93(87)61-67)102(97-33-17-25-71-21-9-13-29-83(71)97)75-47-43-73(44-48-75)81-31-15-23-69-19-7-11-27-79(69)81)39-53-85(91)86-54-40-66(60-92(86)99)36-38-68-42-56-88-90-58-52-78(64-96(90)101(5,6)94(88)62-68)103(98-34-18-26-72-22-10-14-30-84(72)98)76-49-45-74(46-50-76)82-32-16-24-70-20-8-12-28-80(70)82/h7-64H,1-6H3/b37-35+,38-36+. The monoisotopic (exact) mass is 1320 g/mol. The SMILES string of the molecule is CC1(C)c2cc(/C=C/c3ccc4c(c3)C(C)(C)c3cc(N(c5ccc(-c6cccc7ccccc67)cc5)c5cccc6ccccc56)ccc3-4)ccc2-c2ccc(/C=C/c3ccc4c(c3)C(C)(C)c3cc(N(c5ccc(-c6cccc7ccccc67)cc5)c5cccc6ccccc56)ccc3-4)cc21. The van der Waals surface area contributed by atoms with Crippen molar-refractivity contribution in [3.63, 3.8) is 0 Å². The lowest BCUT2D eigenvalue weighted by molar-refractivity contribution is 0.660. The third-order valence-electron chi connectivity index (χ3n) is 23.0. The zero-order valence-corrected chi connectivity index (χ0v) is 58.9. The largest absolute Gasteiger partial charge is 0.310 e. The summed E-state index contributed by atoms with van der Waals surface area (Å²) in [5, 5.41) is 9.89. The molecule has 0 spiro atoms. The van der Waals surface area contributed by atoms with E-state index < -0.39 is 0 Å². The van der Waals surface area contributed by atoms with Crippen LogP contribution in [0.15, 0.2) is 328 Å². The number of hydrogen-bond donors (Lipinski definition) is 0. The first-order valence-electron chi connectivity index (χ1n) is 36.3. The maximum absolute atomic E-state index is 2.45. The van der Waals surface area contributed by atoms with Crippen molar-refractivity contribution >= 4 is 102 Å². The molecule has 16 aromatic carbocycles. The summed E-state index contributed by atoms with van der Waals surface area (Å²) in [5.74, 6) is 0. The quantitative estimate of drug-likeness (QED) is 0.113. The zero-order valence-electron chi connectivity index (χ0n) is 58.9. The van der Waals surface area contributed by atoms with Crippen LogP contribution in [-0.4, -0.2) is 0 Å². The molecule has 0 bridgehead atoms. The lowest BCUT2D eigenvalue weighted by atomic mass is 9.81. The topological polar surface area (TPSA) is 6.48 Å². The van der Waals surface area contributed by atoms with Gasteiger partial charge in [-0.3, -0.25) is 0 Å². The molecule has 0 saturated heterocycles. The summed E-state index contributed by atoms with van der Waals surface area (Å²) in [6.07, 6.45) is 9.22. The summed E-state index contributed by atoms with van der Waals surface area (Å²) < 4.78 is 0. The van der Waals surface area contributed by atoms with Crippen LogP contribution >= 0.6 is 0 Å². The molecule has 16 aromatic rings. The van der Waals surface area contributed by atoms with Crippen LogP contribution in [0.25, 0.3) is 123 Å². The molecule has 0 amide bonds. The Morgan fingerprint density at radius 3 is 0.786 bits per heavy atom. The predicted molar refractivity (Wildman–Crippen MR) is 440 cm³/mol. The highest BCUT2D eigenvalue weighted by Gasteiger charge is 2.39. The fraction of sp³-hybridized carbons (Fsp3) is 0.0891. The molecule has 3 aliphatic carbocycles. The van der Waals surface area contributed by atoms with E-state index in [1.807, 2.05) is 0 Å². The van der Waals surface area contributed by atoms with Gasteiger partial charge in [0, 0.05) is 49.8 Å². The van der Waals surface area contributed by atoms with Gasteiger partial charge in [0.2, 0.25) is 0 Å². The maximum Gasteiger partial charge on any atom is 0.0540 e. The lowest BCUT2D eigenvalue weighted by Crippen LogP contribution is -2.17. The first-order chi connectivity index (χ1) is 50.3. The maximum atomic E-state index is 2.45. The molecule has 0 atom stereocenters. The molecule has 0 aromatic heterocycles. The second-order valence-corrected chi connectivity index (χ2v) is 30.0. The number of fused-ring (bicyclic) bond motifs is 13. The zero-order chi connectivity index (χ0) is 69.3. The number of anilines is 6. The highest BCUT2D eigenvalue weighted by molar-refractivity contribution is 6.04. The Bertz CT molecular complexity index is 5810. The van der Waals surface area contributed by atoms with Crippen molar-refractivity contribution in [3.8, 4) is 55.6 Å². The van der Waals surface area contributed by atoms with E-state index in [9.17, 15) is 0 Å². The summed E-state index contributed by atoms with van der Waals surface area (Å²) in [6, 6.07) is 122. The Hall–Kier alpha value is -12.4. The molecule has 2 heteroatoms. The van der Waals surface area contributed by atoms with Crippen molar-refractivity contribution in [2.75, 3.05) is 9.80 Å². The van der Waals surface area contributed by atoms with Gasteiger partial charge in [-0.1, -0.05) is 333 Å². The van der Waals surface area contributed by atoms with Gasteiger partial charge in [-0.05, 0) is 204 Å². The van der Waals surface area contributed by atoms with E-state index in [1.165, 1.54) is 154 Å². The van der Waals surface area contributed by atoms with Gasteiger partial charge in [-0.25, -0.2) is 0 Å². The Labute approximate surface area is 604 Å². The van der Waals surface area contributed by atoms with Crippen molar-refractivity contribution in [1.82, 2.24) is 0 Å². The molecule has 3 aliphatic rings. The first kappa shape index (κ1) is 61.7. The molecule has 0 fully saturated rings. The van der Waals surface area contributed by atoms with Gasteiger partial charge in [-0.15, -0.1) is 0 Å². The molecule has 19 rings (SSSR count). The molecule has 0 saturated carbocycles. The fourth-order valence-electron chi connectivity index (χ4n) is 17.5. The van der Waals surface area contributed by atoms with Crippen molar-refractivity contribution in [2.45, 2.75) is 57.8 Å². The van der Waals surface area contributed by atoms with Crippen molar-refractivity contribution in [3.05, 3.63) is 383 Å². The molecular formula is C101H76N2. The van der Waals surface area contributed by atoms with Crippen LogP contribution in [0.1, 0.15) is 97.2 Å². The smallest absolute Gasteiger partial charge is 0.0540 e. The summed E-state index contributed by atoms with van der Waals surface area (Å²) >= 11 is 0. The van der Waals surface area contributed by atoms with Crippen molar-refractivity contribution in [2.24, 2.45) is 0 Å². The highest BCUT2D eigenvalue weighted by atomic mass is 15.1. The van der Waals surface area contributed by atoms with Gasteiger partial charge in [0.05, 0.1) is 11.4 Å². The minimum atomic E-state index is -0.236. The predicted octanol–water partition coefficient (Wildman–Crippen LogP) is 27.8. The average molecular weight is 1320 g/mol. The molecule has 0 heterocycles.